The quantitative estimate of drug-likeness (QED) is 0.573. The van der Waals surface area contributed by atoms with E-state index in [1.165, 1.54) is 4.90 Å². The van der Waals surface area contributed by atoms with Crippen LogP contribution in [0.2, 0.25) is 5.02 Å². The van der Waals surface area contributed by atoms with Crippen molar-refractivity contribution in [3.05, 3.63) is 64.2 Å². The summed E-state index contributed by atoms with van der Waals surface area (Å²) in [6.07, 6.45) is 0. The number of hydrazone groups is 1. The minimum Gasteiger partial charge on any atom is -0.496 e. The number of halogens is 1. The van der Waals surface area contributed by atoms with Crippen LogP contribution in [0.3, 0.4) is 0 Å². The Labute approximate surface area is 170 Å². The monoisotopic (exact) mass is 402 g/mol. The van der Waals surface area contributed by atoms with Gasteiger partial charge in [-0.15, -0.1) is 0 Å². The van der Waals surface area contributed by atoms with Crippen LogP contribution in [0, 0.1) is 0 Å². The van der Waals surface area contributed by atoms with Crippen LogP contribution in [0.5, 0.6) is 5.75 Å². The second-order valence-corrected chi connectivity index (χ2v) is 7.15. The number of nitrogens with zero attached hydrogens (tertiary/aromatic N) is 1. The molecule has 0 aliphatic carbocycles. The number of hydrogen-bond donors (Lipinski definition) is 2. The number of carbonyl (C=O) groups excluding carboxylic acids is 1. The lowest BCUT2D eigenvalue weighted by Crippen LogP contribution is -3.12. The fourth-order valence-electron chi connectivity index (χ4n) is 3.14. The summed E-state index contributed by atoms with van der Waals surface area (Å²) in [7, 11) is 1.68. The summed E-state index contributed by atoms with van der Waals surface area (Å²) >= 11 is 5.94. The number of benzene rings is 2. The van der Waals surface area contributed by atoms with E-state index < -0.39 is 0 Å². The molecule has 0 radical (unpaired) electrons. The van der Waals surface area contributed by atoms with Crippen molar-refractivity contribution in [2.24, 2.45) is 5.10 Å². The van der Waals surface area contributed by atoms with Crippen molar-refractivity contribution in [2.45, 2.75) is 13.5 Å². The van der Waals surface area contributed by atoms with Crippen molar-refractivity contribution in [1.29, 1.82) is 0 Å². The van der Waals surface area contributed by atoms with Crippen molar-refractivity contribution in [3.8, 4) is 5.75 Å². The van der Waals surface area contributed by atoms with E-state index in [0.29, 0.717) is 10.6 Å². The summed E-state index contributed by atoms with van der Waals surface area (Å²) in [5.41, 5.74) is 5.84. The number of quaternary nitrogens is 1. The second-order valence-electron chi connectivity index (χ2n) is 6.71. The van der Waals surface area contributed by atoms with Crippen LogP contribution >= 0.6 is 11.6 Å². The van der Waals surface area contributed by atoms with Gasteiger partial charge >= 0.3 is 0 Å². The van der Waals surface area contributed by atoms with E-state index in [-0.39, 0.29) is 5.91 Å². The Morgan fingerprint density at radius 3 is 2.71 bits per heavy atom. The smallest absolute Gasteiger partial charge is 0.271 e. The van der Waals surface area contributed by atoms with Gasteiger partial charge in [0.25, 0.3) is 5.91 Å². The van der Waals surface area contributed by atoms with E-state index in [0.717, 1.165) is 55.4 Å². The summed E-state index contributed by atoms with van der Waals surface area (Å²) in [4.78, 5) is 13.7. The average Bonchev–Trinajstić information content (AvgIpc) is 2.72. The van der Waals surface area contributed by atoms with E-state index in [1.54, 1.807) is 31.4 Å². The van der Waals surface area contributed by atoms with Gasteiger partial charge in [-0.3, -0.25) is 4.79 Å². The molecule has 1 aliphatic rings. The van der Waals surface area contributed by atoms with Gasteiger partial charge in [-0.1, -0.05) is 17.7 Å². The molecule has 1 fully saturated rings. The second kappa shape index (κ2) is 9.68. The van der Waals surface area contributed by atoms with Crippen LogP contribution in [-0.2, 0) is 11.3 Å². The molecule has 28 heavy (non-hydrogen) atoms. The number of rotatable bonds is 6. The number of ether oxygens (including phenoxy) is 2. The number of carbonyl (C=O) groups is 1. The lowest BCUT2D eigenvalue weighted by atomic mass is 10.1. The number of amides is 1. The molecule has 0 atom stereocenters. The van der Waals surface area contributed by atoms with E-state index in [4.69, 9.17) is 21.1 Å². The summed E-state index contributed by atoms with van der Waals surface area (Å²) < 4.78 is 11.0. The first-order valence-electron chi connectivity index (χ1n) is 9.25. The lowest BCUT2D eigenvalue weighted by molar-refractivity contribution is -0.921. The highest BCUT2D eigenvalue weighted by Gasteiger charge is 2.17. The summed E-state index contributed by atoms with van der Waals surface area (Å²) in [6.45, 7) is 6.26. The Bertz CT molecular complexity index is 864. The number of hydrogen-bond acceptors (Lipinski definition) is 4. The molecule has 0 bridgehead atoms. The Balaban J connectivity index is 1.73. The van der Waals surface area contributed by atoms with Crippen molar-refractivity contribution >= 4 is 23.2 Å². The van der Waals surface area contributed by atoms with Crippen LogP contribution in [-0.4, -0.2) is 45.0 Å². The van der Waals surface area contributed by atoms with Crippen molar-refractivity contribution < 1.29 is 19.2 Å². The summed E-state index contributed by atoms with van der Waals surface area (Å²) in [5.74, 6) is 0.562. The normalized spacial score (nSPS) is 15.3. The van der Waals surface area contributed by atoms with Gasteiger partial charge in [0.2, 0.25) is 0 Å². The van der Waals surface area contributed by atoms with Crippen molar-refractivity contribution in [2.75, 3.05) is 33.4 Å². The Morgan fingerprint density at radius 2 is 2.00 bits per heavy atom. The molecular weight excluding hydrogens is 378 g/mol. The van der Waals surface area contributed by atoms with Crippen LogP contribution in [0.1, 0.15) is 28.4 Å². The molecule has 6 nitrogen and oxygen atoms in total. The predicted octanol–water partition coefficient (Wildman–Crippen LogP) is 1.92. The molecule has 0 aromatic heterocycles. The van der Waals surface area contributed by atoms with E-state index in [2.05, 4.69) is 16.6 Å². The molecule has 1 saturated heterocycles. The SMILES string of the molecule is COc1ccc(/C(C)=N\NC(=O)c2cccc(Cl)c2)cc1C[NH+]1CCOCC1. The standard InChI is InChI=1S/C21H24ClN3O3/c1-15(23-24-21(26)17-4-3-5-19(22)13-17)16-6-7-20(27-2)18(12-16)14-25-8-10-28-11-9-25/h3-7,12-13H,8-11,14H2,1-2H3,(H,24,26)/p+1/b23-15-. The maximum atomic E-state index is 12.3. The van der Waals surface area contributed by atoms with Gasteiger partial charge in [0.1, 0.15) is 25.4 Å². The highest BCUT2D eigenvalue weighted by atomic mass is 35.5. The zero-order valence-corrected chi connectivity index (χ0v) is 16.9. The Kier molecular flexibility index (Phi) is 7.03. The minimum atomic E-state index is -0.298. The van der Waals surface area contributed by atoms with E-state index >= 15 is 0 Å². The van der Waals surface area contributed by atoms with Gasteiger partial charge in [0.05, 0.1) is 26.0 Å². The number of nitrogens with one attached hydrogen (secondary N) is 2. The summed E-state index contributed by atoms with van der Waals surface area (Å²) in [5, 5.41) is 4.76. The van der Waals surface area contributed by atoms with Crippen molar-refractivity contribution in [3.63, 3.8) is 0 Å². The third-order valence-corrected chi connectivity index (χ3v) is 4.99. The first-order valence-corrected chi connectivity index (χ1v) is 9.63. The molecule has 3 rings (SSSR count). The first kappa shape index (κ1) is 20.3. The molecule has 0 saturated carbocycles. The molecule has 2 N–H and O–H groups in total. The maximum absolute atomic E-state index is 12.3. The lowest BCUT2D eigenvalue weighted by Gasteiger charge is -2.24. The van der Waals surface area contributed by atoms with Gasteiger partial charge in [0, 0.05) is 16.1 Å². The highest BCUT2D eigenvalue weighted by molar-refractivity contribution is 6.30. The molecule has 2 aromatic rings. The number of methoxy groups -OCH3 is 1. The number of morpholine rings is 1. The molecule has 7 heteroatoms. The van der Waals surface area contributed by atoms with Gasteiger partial charge in [-0.2, -0.15) is 5.10 Å². The van der Waals surface area contributed by atoms with E-state index in [1.807, 2.05) is 19.1 Å². The maximum Gasteiger partial charge on any atom is 0.271 e. The third-order valence-electron chi connectivity index (χ3n) is 4.75. The van der Waals surface area contributed by atoms with Crippen LogP contribution in [0.25, 0.3) is 0 Å². The largest absolute Gasteiger partial charge is 0.496 e. The van der Waals surface area contributed by atoms with Crippen LogP contribution < -0.4 is 15.1 Å². The van der Waals surface area contributed by atoms with Gasteiger partial charge in [-0.05, 0) is 48.9 Å². The molecule has 0 spiro atoms. The van der Waals surface area contributed by atoms with Crippen LogP contribution in [0.4, 0.5) is 0 Å². The first-order chi connectivity index (χ1) is 13.6. The third kappa shape index (κ3) is 5.32. The predicted molar refractivity (Wildman–Crippen MR) is 109 cm³/mol. The summed E-state index contributed by atoms with van der Waals surface area (Å²) in [6, 6.07) is 12.7. The fraction of sp³-hybridized carbons (Fsp3) is 0.333. The van der Waals surface area contributed by atoms with Gasteiger partial charge in [0.15, 0.2) is 0 Å². The van der Waals surface area contributed by atoms with Gasteiger partial charge in [-0.25, -0.2) is 5.43 Å². The van der Waals surface area contributed by atoms with Gasteiger partial charge < -0.3 is 14.4 Å². The molecule has 2 aromatic carbocycles. The molecular formula is C21H25ClN3O3+. The topological polar surface area (TPSA) is 64.4 Å². The molecule has 148 valence electrons. The minimum absolute atomic E-state index is 0.298. The molecule has 0 unspecified atom stereocenters. The van der Waals surface area contributed by atoms with Crippen LogP contribution in [0.15, 0.2) is 47.6 Å². The zero-order valence-electron chi connectivity index (χ0n) is 16.1. The highest BCUT2D eigenvalue weighted by Crippen LogP contribution is 2.20. The molecule has 1 heterocycles. The average molecular weight is 403 g/mol. The fourth-order valence-corrected chi connectivity index (χ4v) is 3.33. The Hall–Kier alpha value is -2.41. The Morgan fingerprint density at radius 1 is 1.21 bits per heavy atom. The van der Waals surface area contributed by atoms with E-state index in [9.17, 15) is 4.79 Å². The molecule has 1 amide bonds. The molecule has 1 aliphatic heterocycles. The zero-order chi connectivity index (χ0) is 19.9. The van der Waals surface area contributed by atoms with Crippen molar-refractivity contribution in [1.82, 2.24) is 5.43 Å².